The first-order valence-electron chi connectivity index (χ1n) is 15.5. The van der Waals surface area contributed by atoms with E-state index in [9.17, 15) is 14.4 Å². The van der Waals surface area contributed by atoms with Crippen molar-refractivity contribution in [1.29, 1.82) is 0 Å². The van der Waals surface area contributed by atoms with Gasteiger partial charge < -0.3 is 9.47 Å². The van der Waals surface area contributed by atoms with Crippen LogP contribution in [0.3, 0.4) is 0 Å². The lowest BCUT2D eigenvalue weighted by Crippen LogP contribution is -2.53. The van der Waals surface area contributed by atoms with Gasteiger partial charge in [-0.2, -0.15) is 0 Å². The van der Waals surface area contributed by atoms with E-state index in [0.717, 1.165) is 16.7 Å². The van der Waals surface area contributed by atoms with Gasteiger partial charge in [-0.3, -0.25) is 14.4 Å². The molecule has 0 heterocycles. The number of carbonyl (C=O) groups excluding carboxylic acids is 3. The van der Waals surface area contributed by atoms with Gasteiger partial charge >= 0.3 is 11.9 Å². The molecule has 5 rings (SSSR count). The Morgan fingerprint density at radius 3 is 1.44 bits per heavy atom. The SMILES string of the molecule is CC(C)(C)C1=CC2(C=C(C(C)(C)C)C1=O)C(c1ccccc1)C=CC2(C(=O)OCc1ccccc1)C(=O)OCc1ccccc1. The summed E-state index contributed by atoms with van der Waals surface area (Å²) in [5.41, 5.74) is -0.787. The molecule has 232 valence electrons. The molecule has 0 saturated carbocycles. The molecule has 0 N–H and O–H groups in total. The Morgan fingerprint density at radius 1 is 0.644 bits per heavy atom. The fourth-order valence-corrected chi connectivity index (χ4v) is 6.40. The van der Waals surface area contributed by atoms with E-state index in [-0.39, 0.29) is 19.0 Å². The van der Waals surface area contributed by atoms with Gasteiger partial charge in [-0.15, -0.1) is 0 Å². The second kappa shape index (κ2) is 12.1. The Bertz CT molecular complexity index is 1560. The summed E-state index contributed by atoms with van der Waals surface area (Å²) in [4.78, 5) is 43.6. The van der Waals surface area contributed by atoms with Crippen molar-refractivity contribution >= 4 is 17.7 Å². The minimum absolute atomic E-state index is 0.0159. The lowest BCUT2D eigenvalue weighted by molar-refractivity contribution is -0.175. The molecule has 0 aliphatic heterocycles. The fourth-order valence-electron chi connectivity index (χ4n) is 6.40. The normalized spacial score (nSPS) is 18.7. The number of allylic oxidation sites excluding steroid dienone is 5. The highest BCUT2D eigenvalue weighted by Crippen LogP contribution is 2.63. The Morgan fingerprint density at radius 2 is 1.04 bits per heavy atom. The fraction of sp³-hybridized carbons (Fsp3) is 0.325. The smallest absolute Gasteiger partial charge is 0.329 e. The topological polar surface area (TPSA) is 69.7 Å². The van der Waals surface area contributed by atoms with Crippen molar-refractivity contribution in [3.05, 3.63) is 143 Å². The molecule has 2 aliphatic carbocycles. The van der Waals surface area contributed by atoms with Crippen LogP contribution in [0.5, 0.6) is 0 Å². The van der Waals surface area contributed by atoms with Crippen molar-refractivity contribution < 1.29 is 23.9 Å². The van der Waals surface area contributed by atoms with Gasteiger partial charge in [0.25, 0.3) is 0 Å². The first-order chi connectivity index (χ1) is 21.3. The molecule has 0 amide bonds. The van der Waals surface area contributed by atoms with E-state index in [4.69, 9.17) is 9.47 Å². The molecular formula is C40H42O5. The zero-order valence-electron chi connectivity index (χ0n) is 27.0. The quantitative estimate of drug-likeness (QED) is 0.155. The number of benzene rings is 3. The highest BCUT2D eigenvalue weighted by Gasteiger charge is 2.68. The first-order valence-corrected chi connectivity index (χ1v) is 15.5. The number of ether oxygens (including phenoxy) is 2. The van der Waals surface area contributed by atoms with E-state index in [2.05, 4.69) is 0 Å². The van der Waals surface area contributed by atoms with Crippen LogP contribution in [0.4, 0.5) is 0 Å². The van der Waals surface area contributed by atoms with Crippen LogP contribution >= 0.6 is 0 Å². The van der Waals surface area contributed by atoms with Gasteiger partial charge in [-0.25, -0.2) is 0 Å². The predicted molar refractivity (Wildman–Crippen MR) is 176 cm³/mol. The van der Waals surface area contributed by atoms with Crippen molar-refractivity contribution in [1.82, 2.24) is 0 Å². The number of carbonyl (C=O) groups is 3. The van der Waals surface area contributed by atoms with Crippen LogP contribution in [-0.4, -0.2) is 17.7 Å². The zero-order valence-corrected chi connectivity index (χ0v) is 27.0. The molecule has 1 unspecified atom stereocenters. The average molecular weight is 603 g/mol. The van der Waals surface area contributed by atoms with Crippen molar-refractivity contribution in [3.63, 3.8) is 0 Å². The monoisotopic (exact) mass is 602 g/mol. The van der Waals surface area contributed by atoms with Crippen LogP contribution < -0.4 is 0 Å². The Balaban J connectivity index is 1.76. The molecule has 0 radical (unpaired) electrons. The van der Waals surface area contributed by atoms with E-state index in [1.54, 1.807) is 6.08 Å². The molecule has 2 aliphatic rings. The van der Waals surface area contributed by atoms with Gasteiger partial charge in [-0.1, -0.05) is 157 Å². The number of ketones is 1. The largest absolute Gasteiger partial charge is 0.460 e. The third-order valence-corrected chi connectivity index (χ3v) is 8.84. The van der Waals surface area contributed by atoms with Crippen molar-refractivity contribution in [2.45, 2.75) is 60.7 Å². The number of hydrogen-bond donors (Lipinski definition) is 0. The summed E-state index contributed by atoms with van der Waals surface area (Å²) in [7, 11) is 0. The van der Waals surface area contributed by atoms with Crippen LogP contribution in [0, 0.1) is 21.7 Å². The summed E-state index contributed by atoms with van der Waals surface area (Å²) < 4.78 is 12.1. The average Bonchev–Trinajstić information content (AvgIpc) is 3.34. The Hall–Kier alpha value is -4.51. The molecular weight excluding hydrogens is 560 g/mol. The summed E-state index contributed by atoms with van der Waals surface area (Å²) in [6.45, 7) is 11.9. The predicted octanol–water partition coefficient (Wildman–Crippen LogP) is 8.33. The highest BCUT2D eigenvalue weighted by molar-refractivity contribution is 6.13. The van der Waals surface area contributed by atoms with E-state index in [1.807, 2.05) is 151 Å². The van der Waals surface area contributed by atoms with E-state index < -0.39 is 39.5 Å². The molecule has 3 aromatic rings. The molecule has 0 saturated heterocycles. The van der Waals surface area contributed by atoms with Crippen LogP contribution in [0.15, 0.2) is 126 Å². The minimum atomic E-state index is -1.91. The van der Waals surface area contributed by atoms with Crippen molar-refractivity contribution in [2.24, 2.45) is 21.7 Å². The van der Waals surface area contributed by atoms with Crippen LogP contribution in [0.25, 0.3) is 0 Å². The molecule has 1 spiro atoms. The van der Waals surface area contributed by atoms with Crippen LogP contribution in [-0.2, 0) is 37.1 Å². The van der Waals surface area contributed by atoms with E-state index >= 15 is 0 Å². The van der Waals surface area contributed by atoms with Crippen molar-refractivity contribution in [2.75, 3.05) is 0 Å². The van der Waals surface area contributed by atoms with Crippen LogP contribution in [0.1, 0.15) is 64.2 Å². The molecule has 1 atom stereocenters. The molecule has 0 bridgehead atoms. The van der Waals surface area contributed by atoms with Gasteiger partial charge in [0.05, 0.1) is 0 Å². The van der Waals surface area contributed by atoms with Crippen molar-refractivity contribution in [3.8, 4) is 0 Å². The third kappa shape index (κ3) is 5.96. The Labute approximate surface area is 266 Å². The lowest BCUT2D eigenvalue weighted by atomic mass is 9.54. The second-order valence-electron chi connectivity index (χ2n) is 14.1. The van der Waals surface area contributed by atoms with Gasteiger partial charge in [-0.05, 0) is 27.5 Å². The maximum Gasteiger partial charge on any atom is 0.329 e. The van der Waals surface area contributed by atoms with Gasteiger partial charge in [0.1, 0.15) is 13.2 Å². The zero-order chi connectivity index (χ0) is 32.5. The maximum absolute atomic E-state index is 14.7. The molecule has 3 aromatic carbocycles. The summed E-state index contributed by atoms with van der Waals surface area (Å²) in [6.07, 6.45) is 7.31. The highest BCUT2D eigenvalue weighted by atomic mass is 16.6. The van der Waals surface area contributed by atoms with Gasteiger partial charge in [0, 0.05) is 22.5 Å². The van der Waals surface area contributed by atoms with E-state index in [1.165, 1.54) is 0 Å². The number of esters is 2. The van der Waals surface area contributed by atoms with E-state index in [0.29, 0.717) is 11.1 Å². The maximum atomic E-state index is 14.7. The molecule has 45 heavy (non-hydrogen) atoms. The minimum Gasteiger partial charge on any atom is -0.460 e. The van der Waals surface area contributed by atoms with Crippen LogP contribution in [0.2, 0.25) is 0 Å². The Kier molecular flexibility index (Phi) is 8.59. The molecule has 5 nitrogen and oxygen atoms in total. The summed E-state index contributed by atoms with van der Waals surface area (Å²) in [6, 6.07) is 28.6. The first kappa shape index (κ1) is 31.9. The van der Waals surface area contributed by atoms with Gasteiger partial charge in [0.15, 0.2) is 11.2 Å². The summed E-state index contributed by atoms with van der Waals surface area (Å²) >= 11 is 0. The second-order valence-corrected chi connectivity index (χ2v) is 14.1. The summed E-state index contributed by atoms with van der Waals surface area (Å²) in [5.74, 6) is -1.98. The number of rotatable bonds is 7. The standard InChI is InChI=1S/C40H42O5/c1-37(2,3)32-24-39(25-33(34(32)41)38(4,5)6)31(30-20-14-9-15-21-30)22-23-40(39,35(42)44-26-28-16-10-7-11-17-28)36(43)45-27-29-18-12-8-13-19-29/h7-25,31H,26-27H2,1-6H3. The summed E-state index contributed by atoms with van der Waals surface area (Å²) in [5, 5.41) is 0. The molecule has 5 heteroatoms. The number of hydrogen-bond acceptors (Lipinski definition) is 5. The lowest BCUT2D eigenvalue weighted by Gasteiger charge is -2.47. The van der Waals surface area contributed by atoms with Gasteiger partial charge in [0.2, 0.25) is 0 Å². The number of Topliss-reactive ketones (excluding diaryl/α,β-unsaturated/α-hetero) is 1. The third-order valence-electron chi connectivity index (χ3n) is 8.84. The molecule has 0 aromatic heterocycles. The molecule has 0 fully saturated rings.